The standard InChI is InChI=1S/C11H11F2N5O/c1-18(2)10-15-9(14)16-11(17-10)19-8-5-6(12)3-4-7(8)13/h3-5H,1-2H3,(H2,14,15,16,17). The van der Waals surface area contributed by atoms with Gasteiger partial charge in [0, 0.05) is 20.2 Å². The molecule has 0 radical (unpaired) electrons. The second-order valence-corrected chi connectivity index (χ2v) is 3.85. The van der Waals surface area contributed by atoms with Crippen LogP contribution in [0.15, 0.2) is 18.2 Å². The van der Waals surface area contributed by atoms with Crippen LogP contribution >= 0.6 is 0 Å². The van der Waals surface area contributed by atoms with E-state index in [0.717, 1.165) is 18.2 Å². The first kappa shape index (κ1) is 12.9. The van der Waals surface area contributed by atoms with Gasteiger partial charge in [0.05, 0.1) is 0 Å². The molecule has 0 saturated carbocycles. The summed E-state index contributed by atoms with van der Waals surface area (Å²) in [5.41, 5.74) is 5.48. The van der Waals surface area contributed by atoms with Gasteiger partial charge in [0.2, 0.25) is 11.9 Å². The number of nitrogens with two attached hydrogens (primary N) is 1. The molecule has 2 aromatic rings. The summed E-state index contributed by atoms with van der Waals surface area (Å²) in [5.74, 6) is -1.52. The zero-order chi connectivity index (χ0) is 14.0. The Balaban J connectivity index is 2.35. The SMILES string of the molecule is CN(C)c1nc(N)nc(Oc2cc(F)ccc2F)n1. The minimum Gasteiger partial charge on any atom is -0.421 e. The number of rotatable bonds is 3. The molecule has 0 aliphatic carbocycles. The summed E-state index contributed by atoms with van der Waals surface area (Å²) in [7, 11) is 3.39. The van der Waals surface area contributed by atoms with Crippen LogP contribution in [0.1, 0.15) is 0 Å². The van der Waals surface area contributed by atoms with Gasteiger partial charge in [0.15, 0.2) is 11.6 Å². The lowest BCUT2D eigenvalue weighted by Gasteiger charge is -2.11. The molecule has 0 unspecified atom stereocenters. The number of ether oxygens (including phenoxy) is 1. The number of halogens is 2. The molecule has 0 spiro atoms. The normalized spacial score (nSPS) is 10.3. The number of hydrogen-bond acceptors (Lipinski definition) is 6. The van der Waals surface area contributed by atoms with Gasteiger partial charge in [0.1, 0.15) is 5.82 Å². The van der Waals surface area contributed by atoms with Gasteiger partial charge < -0.3 is 15.4 Å². The zero-order valence-electron chi connectivity index (χ0n) is 10.3. The van der Waals surface area contributed by atoms with Gasteiger partial charge in [-0.2, -0.15) is 15.0 Å². The predicted molar refractivity (Wildman–Crippen MR) is 65.0 cm³/mol. The van der Waals surface area contributed by atoms with E-state index >= 15 is 0 Å². The van der Waals surface area contributed by atoms with Crippen molar-refractivity contribution in [3.05, 3.63) is 29.8 Å². The van der Waals surface area contributed by atoms with Crippen molar-refractivity contribution in [1.82, 2.24) is 15.0 Å². The van der Waals surface area contributed by atoms with E-state index in [9.17, 15) is 8.78 Å². The van der Waals surface area contributed by atoms with E-state index in [0.29, 0.717) is 0 Å². The van der Waals surface area contributed by atoms with E-state index in [1.165, 1.54) is 0 Å². The lowest BCUT2D eigenvalue weighted by atomic mass is 10.3. The molecular formula is C11H11F2N5O. The van der Waals surface area contributed by atoms with Crippen molar-refractivity contribution >= 4 is 11.9 Å². The number of benzene rings is 1. The molecule has 0 aliphatic rings. The number of nitrogen functional groups attached to an aromatic ring is 1. The third kappa shape index (κ3) is 3.03. The second-order valence-electron chi connectivity index (χ2n) is 3.85. The fraction of sp³-hybridized carbons (Fsp3) is 0.182. The van der Waals surface area contributed by atoms with Gasteiger partial charge in [0.25, 0.3) is 0 Å². The molecule has 0 atom stereocenters. The van der Waals surface area contributed by atoms with Crippen molar-refractivity contribution in [2.45, 2.75) is 0 Å². The Morgan fingerprint density at radius 3 is 2.58 bits per heavy atom. The molecule has 0 fully saturated rings. The quantitative estimate of drug-likeness (QED) is 0.910. The van der Waals surface area contributed by atoms with Crippen LogP contribution in [0.4, 0.5) is 20.7 Å². The lowest BCUT2D eigenvalue weighted by Crippen LogP contribution is -2.15. The number of aromatic nitrogens is 3. The number of anilines is 2. The fourth-order valence-electron chi connectivity index (χ4n) is 1.26. The Kier molecular flexibility index (Phi) is 3.41. The Morgan fingerprint density at radius 1 is 1.16 bits per heavy atom. The number of hydrogen-bond donors (Lipinski definition) is 1. The maximum Gasteiger partial charge on any atom is 0.328 e. The first-order chi connectivity index (χ1) is 8.95. The van der Waals surface area contributed by atoms with Gasteiger partial charge in [-0.05, 0) is 12.1 Å². The van der Waals surface area contributed by atoms with Crippen LogP contribution in [0.2, 0.25) is 0 Å². The first-order valence-electron chi connectivity index (χ1n) is 5.27. The van der Waals surface area contributed by atoms with Crippen molar-refractivity contribution in [2.24, 2.45) is 0 Å². The Labute approximate surface area is 107 Å². The molecule has 1 aromatic heterocycles. The molecule has 2 rings (SSSR count). The van der Waals surface area contributed by atoms with Gasteiger partial charge in [-0.1, -0.05) is 0 Å². The van der Waals surface area contributed by atoms with Gasteiger partial charge >= 0.3 is 6.01 Å². The van der Waals surface area contributed by atoms with Crippen molar-refractivity contribution in [1.29, 1.82) is 0 Å². The maximum atomic E-state index is 13.4. The third-order valence-electron chi connectivity index (χ3n) is 2.11. The average Bonchev–Trinajstić information content (AvgIpc) is 2.33. The van der Waals surface area contributed by atoms with Crippen LogP contribution in [0.25, 0.3) is 0 Å². The van der Waals surface area contributed by atoms with E-state index in [2.05, 4.69) is 15.0 Å². The Morgan fingerprint density at radius 2 is 1.89 bits per heavy atom. The first-order valence-corrected chi connectivity index (χ1v) is 5.27. The van der Waals surface area contributed by atoms with Gasteiger partial charge in [-0.15, -0.1) is 0 Å². The van der Waals surface area contributed by atoms with E-state index in [1.807, 2.05) is 0 Å². The van der Waals surface area contributed by atoms with Crippen LogP contribution in [0.3, 0.4) is 0 Å². The van der Waals surface area contributed by atoms with E-state index < -0.39 is 11.6 Å². The molecule has 1 aromatic carbocycles. The molecule has 0 saturated heterocycles. The van der Waals surface area contributed by atoms with Crippen LogP contribution in [0, 0.1) is 11.6 Å². The number of nitrogens with zero attached hydrogens (tertiary/aromatic N) is 4. The van der Waals surface area contributed by atoms with Crippen molar-refractivity contribution < 1.29 is 13.5 Å². The Hall–Kier alpha value is -2.51. The smallest absolute Gasteiger partial charge is 0.328 e. The summed E-state index contributed by atoms with van der Waals surface area (Å²) in [4.78, 5) is 13.0. The molecule has 2 N–H and O–H groups in total. The minimum absolute atomic E-state index is 0.0782. The van der Waals surface area contributed by atoms with Crippen molar-refractivity contribution in [2.75, 3.05) is 24.7 Å². The molecule has 19 heavy (non-hydrogen) atoms. The van der Waals surface area contributed by atoms with Crippen LogP contribution in [-0.2, 0) is 0 Å². The highest BCUT2D eigenvalue weighted by molar-refractivity contribution is 5.35. The van der Waals surface area contributed by atoms with Crippen LogP contribution in [0.5, 0.6) is 11.8 Å². The van der Waals surface area contributed by atoms with Gasteiger partial charge in [-0.25, -0.2) is 8.78 Å². The van der Waals surface area contributed by atoms with Crippen molar-refractivity contribution in [3.63, 3.8) is 0 Å². The molecule has 1 heterocycles. The van der Waals surface area contributed by atoms with E-state index in [4.69, 9.17) is 10.5 Å². The minimum atomic E-state index is -0.730. The van der Waals surface area contributed by atoms with E-state index in [-0.39, 0.29) is 23.7 Å². The topological polar surface area (TPSA) is 77.2 Å². The zero-order valence-corrected chi connectivity index (χ0v) is 10.3. The average molecular weight is 267 g/mol. The summed E-state index contributed by atoms with van der Waals surface area (Å²) >= 11 is 0. The summed E-state index contributed by atoms with van der Waals surface area (Å²) in [6.07, 6.45) is 0. The van der Waals surface area contributed by atoms with Crippen LogP contribution < -0.4 is 15.4 Å². The summed E-state index contributed by atoms with van der Waals surface area (Å²) in [5, 5.41) is 0. The monoisotopic (exact) mass is 267 g/mol. The molecular weight excluding hydrogens is 256 g/mol. The summed E-state index contributed by atoms with van der Waals surface area (Å²) in [6.45, 7) is 0. The van der Waals surface area contributed by atoms with E-state index in [1.54, 1.807) is 19.0 Å². The van der Waals surface area contributed by atoms with Gasteiger partial charge in [-0.3, -0.25) is 0 Å². The lowest BCUT2D eigenvalue weighted by molar-refractivity contribution is 0.406. The molecule has 100 valence electrons. The largest absolute Gasteiger partial charge is 0.421 e. The highest BCUT2D eigenvalue weighted by Crippen LogP contribution is 2.23. The Bertz CT molecular complexity index is 606. The third-order valence-corrected chi connectivity index (χ3v) is 2.11. The molecule has 6 nitrogen and oxygen atoms in total. The van der Waals surface area contributed by atoms with Crippen LogP contribution in [-0.4, -0.2) is 29.0 Å². The second kappa shape index (κ2) is 5.01. The molecule has 0 bridgehead atoms. The molecule has 0 amide bonds. The highest BCUT2D eigenvalue weighted by Gasteiger charge is 2.11. The predicted octanol–water partition coefficient (Wildman–Crippen LogP) is 1.59. The highest BCUT2D eigenvalue weighted by atomic mass is 19.1. The molecule has 0 aliphatic heterocycles. The van der Waals surface area contributed by atoms with Crippen molar-refractivity contribution in [3.8, 4) is 11.8 Å². The summed E-state index contributed by atoms with van der Waals surface area (Å²) < 4.78 is 31.5. The maximum absolute atomic E-state index is 13.4. The fourth-order valence-corrected chi connectivity index (χ4v) is 1.26. The molecule has 8 heteroatoms. The summed E-state index contributed by atoms with van der Waals surface area (Å²) in [6, 6.07) is 2.61.